The van der Waals surface area contributed by atoms with Gasteiger partial charge in [0.1, 0.15) is 5.57 Å². The Morgan fingerprint density at radius 1 is 1.13 bits per heavy atom. The largest absolute Gasteiger partial charge is 0.335 e. The van der Waals surface area contributed by atoms with Crippen molar-refractivity contribution in [1.82, 2.24) is 9.88 Å². The van der Waals surface area contributed by atoms with Crippen molar-refractivity contribution in [2.45, 2.75) is 19.9 Å². The monoisotopic (exact) mass is 413 g/mol. The van der Waals surface area contributed by atoms with Crippen LogP contribution in [0.2, 0.25) is 0 Å². The Morgan fingerprint density at radius 3 is 2.57 bits per heavy atom. The summed E-state index contributed by atoms with van der Waals surface area (Å²) in [7, 11) is 0. The highest BCUT2D eigenvalue weighted by atomic mass is 32.1. The predicted molar refractivity (Wildman–Crippen MR) is 123 cm³/mol. The number of hydrogen-bond acceptors (Lipinski definition) is 3. The van der Waals surface area contributed by atoms with E-state index in [-0.39, 0.29) is 10.7 Å². The molecule has 1 aliphatic heterocycles. The van der Waals surface area contributed by atoms with E-state index in [2.05, 4.69) is 18.2 Å². The molecule has 0 bridgehead atoms. The highest BCUT2D eigenvalue weighted by Crippen LogP contribution is 2.27. The predicted octanol–water partition coefficient (Wildman–Crippen LogP) is 3.67. The second-order valence-electron chi connectivity index (χ2n) is 6.91. The zero-order valence-corrected chi connectivity index (χ0v) is 17.2. The highest BCUT2D eigenvalue weighted by molar-refractivity contribution is 7.80. The highest BCUT2D eigenvalue weighted by Gasteiger charge is 2.34. The van der Waals surface area contributed by atoms with Gasteiger partial charge in [0.15, 0.2) is 5.11 Å². The molecule has 3 aromatic rings. The van der Waals surface area contributed by atoms with Crippen molar-refractivity contribution in [2.24, 2.45) is 0 Å². The first-order chi connectivity index (χ1) is 14.5. The lowest BCUT2D eigenvalue weighted by Crippen LogP contribution is -2.54. The minimum Gasteiger partial charge on any atom is -0.335 e. The molecule has 148 valence electrons. The van der Waals surface area contributed by atoms with E-state index in [0.29, 0.717) is 12.2 Å². The van der Waals surface area contributed by atoms with E-state index < -0.39 is 11.8 Å². The summed E-state index contributed by atoms with van der Waals surface area (Å²) < 4.78 is 1.92. The Bertz CT molecular complexity index is 1250. The van der Waals surface area contributed by atoms with Gasteiger partial charge in [-0.2, -0.15) is 0 Å². The van der Waals surface area contributed by atoms with Gasteiger partial charge in [0.25, 0.3) is 11.8 Å². The van der Waals surface area contributed by atoms with Gasteiger partial charge in [-0.3, -0.25) is 19.8 Å². The third-order valence-electron chi connectivity index (χ3n) is 5.09. The molecule has 2 heterocycles. The molecule has 30 heavy (non-hydrogen) atoms. The summed E-state index contributed by atoms with van der Waals surface area (Å²) in [6.07, 6.45) is 9.83. The summed E-state index contributed by atoms with van der Waals surface area (Å²) >= 11 is 5.28. The van der Waals surface area contributed by atoms with Crippen LogP contribution in [-0.4, -0.2) is 21.5 Å². The van der Waals surface area contributed by atoms with E-state index in [9.17, 15) is 9.59 Å². The SMILES string of the molecule is C#CCn1cc(C=C2C(=O)NC(=S)N(c3ccc(CC)cc3)C2=O)c2ccccc21. The minimum absolute atomic E-state index is 0.0202. The number of aromatic nitrogens is 1. The number of rotatable bonds is 4. The first-order valence-corrected chi connectivity index (χ1v) is 9.96. The topological polar surface area (TPSA) is 54.3 Å². The lowest BCUT2D eigenvalue weighted by Gasteiger charge is -2.29. The molecule has 0 aliphatic carbocycles. The fraction of sp³-hybridized carbons (Fsp3) is 0.125. The molecule has 0 spiro atoms. The van der Waals surface area contributed by atoms with Gasteiger partial charge in [0, 0.05) is 22.7 Å². The van der Waals surface area contributed by atoms with Gasteiger partial charge in [0.05, 0.1) is 12.2 Å². The van der Waals surface area contributed by atoms with E-state index in [0.717, 1.165) is 28.5 Å². The Labute approximate surface area is 180 Å². The Morgan fingerprint density at radius 2 is 1.87 bits per heavy atom. The Balaban J connectivity index is 1.78. The summed E-state index contributed by atoms with van der Waals surface area (Å²) in [6.45, 7) is 2.45. The van der Waals surface area contributed by atoms with Gasteiger partial charge in [-0.1, -0.05) is 43.2 Å². The number of thiocarbonyl (C=S) groups is 1. The molecule has 1 aliphatic rings. The van der Waals surface area contributed by atoms with Gasteiger partial charge in [-0.15, -0.1) is 6.42 Å². The lowest BCUT2D eigenvalue weighted by molar-refractivity contribution is -0.122. The van der Waals surface area contributed by atoms with E-state index in [1.165, 1.54) is 4.90 Å². The number of para-hydroxylation sites is 1. The van der Waals surface area contributed by atoms with Crippen LogP contribution in [0.5, 0.6) is 0 Å². The lowest BCUT2D eigenvalue weighted by atomic mass is 10.1. The van der Waals surface area contributed by atoms with Gasteiger partial charge in [-0.05, 0) is 48.5 Å². The number of carbonyl (C=O) groups is 2. The van der Waals surface area contributed by atoms with Crippen LogP contribution in [0.1, 0.15) is 18.1 Å². The van der Waals surface area contributed by atoms with Gasteiger partial charge in [0.2, 0.25) is 0 Å². The zero-order valence-electron chi connectivity index (χ0n) is 16.4. The second kappa shape index (κ2) is 7.97. The summed E-state index contributed by atoms with van der Waals surface area (Å²) in [4.78, 5) is 27.2. The molecule has 2 aromatic carbocycles. The molecular formula is C24H19N3O2S. The molecule has 6 heteroatoms. The van der Waals surface area contributed by atoms with Crippen molar-refractivity contribution in [1.29, 1.82) is 0 Å². The van der Waals surface area contributed by atoms with Crippen molar-refractivity contribution in [3.05, 3.63) is 71.4 Å². The third kappa shape index (κ3) is 3.40. The maximum Gasteiger partial charge on any atom is 0.270 e. The number of nitrogens with zero attached hydrogens (tertiary/aromatic N) is 2. The zero-order chi connectivity index (χ0) is 21.3. The van der Waals surface area contributed by atoms with E-state index in [1.54, 1.807) is 6.08 Å². The molecule has 1 N–H and O–H groups in total. The van der Waals surface area contributed by atoms with E-state index >= 15 is 0 Å². The molecule has 0 radical (unpaired) electrons. The molecule has 0 atom stereocenters. The van der Waals surface area contributed by atoms with Crippen LogP contribution in [0.3, 0.4) is 0 Å². The second-order valence-corrected chi connectivity index (χ2v) is 7.30. The van der Waals surface area contributed by atoms with Crippen molar-refractivity contribution in [3.63, 3.8) is 0 Å². The summed E-state index contributed by atoms with van der Waals surface area (Å²) in [5, 5.41) is 3.61. The molecule has 1 aromatic heterocycles. The fourth-order valence-corrected chi connectivity index (χ4v) is 3.83. The van der Waals surface area contributed by atoms with Gasteiger partial charge >= 0.3 is 0 Å². The van der Waals surface area contributed by atoms with Crippen molar-refractivity contribution in [3.8, 4) is 12.3 Å². The van der Waals surface area contributed by atoms with Gasteiger partial charge in [-0.25, -0.2) is 0 Å². The number of terminal acetylenes is 1. The van der Waals surface area contributed by atoms with Crippen LogP contribution in [0.25, 0.3) is 17.0 Å². The van der Waals surface area contributed by atoms with Crippen LogP contribution < -0.4 is 10.2 Å². The molecule has 1 saturated heterocycles. The van der Waals surface area contributed by atoms with Crippen LogP contribution in [0, 0.1) is 12.3 Å². The quantitative estimate of drug-likeness (QED) is 0.307. The number of benzene rings is 2. The number of amides is 2. The molecular weight excluding hydrogens is 394 g/mol. The van der Waals surface area contributed by atoms with Crippen molar-refractivity contribution in [2.75, 3.05) is 4.90 Å². The van der Waals surface area contributed by atoms with Crippen LogP contribution in [-0.2, 0) is 22.6 Å². The Kier molecular flexibility index (Phi) is 5.21. The fourth-order valence-electron chi connectivity index (χ4n) is 3.55. The van der Waals surface area contributed by atoms with Crippen LogP contribution in [0.4, 0.5) is 5.69 Å². The molecule has 5 nitrogen and oxygen atoms in total. The first-order valence-electron chi connectivity index (χ1n) is 9.55. The number of anilines is 1. The number of nitrogens with one attached hydrogen (secondary N) is 1. The van der Waals surface area contributed by atoms with Crippen LogP contribution in [0.15, 0.2) is 60.3 Å². The van der Waals surface area contributed by atoms with Crippen molar-refractivity contribution < 1.29 is 9.59 Å². The first kappa shape index (κ1) is 19.6. The van der Waals surface area contributed by atoms with Gasteiger partial charge < -0.3 is 4.57 Å². The van der Waals surface area contributed by atoms with Crippen LogP contribution >= 0.6 is 12.2 Å². The maximum atomic E-state index is 13.2. The number of aryl methyl sites for hydroxylation is 1. The summed E-state index contributed by atoms with van der Waals surface area (Å²) in [5.41, 5.74) is 3.46. The average Bonchev–Trinajstić information content (AvgIpc) is 3.09. The van der Waals surface area contributed by atoms with Crippen molar-refractivity contribution >= 4 is 51.8 Å². The number of carbonyl (C=O) groups excluding carboxylic acids is 2. The third-order valence-corrected chi connectivity index (χ3v) is 5.37. The minimum atomic E-state index is -0.514. The Hall–Kier alpha value is -3.69. The average molecular weight is 414 g/mol. The number of fused-ring (bicyclic) bond motifs is 1. The molecule has 1 fully saturated rings. The molecule has 0 unspecified atom stereocenters. The summed E-state index contributed by atoms with van der Waals surface area (Å²) in [5.74, 6) is 1.65. The maximum absolute atomic E-state index is 13.2. The summed E-state index contributed by atoms with van der Waals surface area (Å²) in [6, 6.07) is 15.3. The molecule has 4 rings (SSSR count). The van der Waals surface area contributed by atoms with E-state index in [4.69, 9.17) is 18.6 Å². The molecule has 0 saturated carbocycles. The number of hydrogen-bond donors (Lipinski definition) is 1. The normalized spacial score (nSPS) is 15.5. The van der Waals surface area contributed by atoms with E-state index in [1.807, 2.05) is 59.3 Å². The smallest absolute Gasteiger partial charge is 0.270 e. The molecule has 2 amide bonds. The standard InChI is InChI=1S/C24H19N3O2S/c1-3-13-26-15-17(19-7-5-6-8-21(19)26)14-20-22(28)25-24(30)27(23(20)29)18-11-9-16(4-2)10-12-18/h1,5-12,14-15H,4,13H2,2H3,(H,25,28,30).